The van der Waals surface area contributed by atoms with Gasteiger partial charge in [0.25, 0.3) is 0 Å². The normalized spacial score (nSPS) is 14.4. The maximum absolute atomic E-state index is 13.0. The first-order chi connectivity index (χ1) is 15.0. The van der Waals surface area contributed by atoms with Crippen molar-refractivity contribution in [2.45, 2.75) is 26.4 Å². The van der Waals surface area contributed by atoms with Crippen LogP contribution in [0.4, 0.5) is 18.9 Å². The van der Waals surface area contributed by atoms with Gasteiger partial charge >= 0.3 is 12.1 Å². The number of halogens is 3. The zero-order valence-corrected chi connectivity index (χ0v) is 18.0. The number of carbonyl (C=O) groups is 3. The molecule has 0 aliphatic carbocycles. The van der Waals surface area contributed by atoms with Crippen molar-refractivity contribution in [3.8, 4) is 0 Å². The molecule has 1 fully saturated rings. The number of nitrogens with zero attached hydrogens (tertiary/aromatic N) is 2. The monoisotopic (exact) mass is 451 g/mol. The van der Waals surface area contributed by atoms with E-state index in [1.165, 1.54) is 20.1 Å². The summed E-state index contributed by atoms with van der Waals surface area (Å²) in [6.45, 7) is 4.36. The Labute approximate surface area is 183 Å². The Morgan fingerprint density at radius 1 is 1.12 bits per heavy atom. The minimum absolute atomic E-state index is 0.123. The van der Waals surface area contributed by atoms with Gasteiger partial charge in [0.15, 0.2) is 5.78 Å². The average Bonchev–Trinajstić information content (AvgIpc) is 3.08. The van der Waals surface area contributed by atoms with Gasteiger partial charge in [-0.15, -0.1) is 0 Å². The number of ketones is 1. The predicted molar refractivity (Wildman–Crippen MR) is 111 cm³/mol. The molecule has 2 heterocycles. The number of carbonyl (C=O) groups excluding carboxylic acids is 3. The maximum Gasteiger partial charge on any atom is 0.416 e. The number of hydrogen-bond acceptors (Lipinski definition) is 5. The lowest BCUT2D eigenvalue weighted by atomic mass is 10.1. The third kappa shape index (κ3) is 4.79. The number of Topliss-reactive ketones (excluding diaryl/α,β-unsaturated/α-hetero) is 1. The van der Waals surface area contributed by atoms with Crippen LogP contribution in [0.5, 0.6) is 0 Å². The fourth-order valence-corrected chi connectivity index (χ4v) is 3.88. The number of nitrogens with one attached hydrogen (secondary N) is 1. The van der Waals surface area contributed by atoms with Gasteiger partial charge in [0.1, 0.15) is 0 Å². The van der Waals surface area contributed by atoms with Gasteiger partial charge in [0.2, 0.25) is 5.91 Å². The molecule has 7 nitrogen and oxygen atoms in total. The van der Waals surface area contributed by atoms with Gasteiger partial charge in [-0.1, -0.05) is 6.07 Å². The van der Waals surface area contributed by atoms with E-state index in [0.29, 0.717) is 43.1 Å². The summed E-state index contributed by atoms with van der Waals surface area (Å²) in [4.78, 5) is 43.1. The van der Waals surface area contributed by atoms with E-state index in [2.05, 4.69) is 4.98 Å². The van der Waals surface area contributed by atoms with Gasteiger partial charge in [-0.25, -0.2) is 4.79 Å². The van der Waals surface area contributed by atoms with E-state index in [0.717, 1.165) is 12.1 Å². The van der Waals surface area contributed by atoms with E-state index in [-0.39, 0.29) is 29.4 Å². The Morgan fingerprint density at radius 2 is 1.78 bits per heavy atom. The number of alkyl halides is 3. The van der Waals surface area contributed by atoms with Crippen LogP contribution in [0.25, 0.3) is 0 Å². The Bertz CT molecular complexity index is 1040. The molecule has 1 saturated heterocycles. The van der Waals surface area contributed by atoms with Gasteiger partial charge in [0.05, 0.1) is 30.4 Å². The summed E-state index contributed by atoms with van der Waals surface area (Å²) in [5, 5.41) is 0. The highest BCUT2D eigenvalue weighted by atomic mass is 19.4. The molecule has 0 atom stereocenters. The number of esters is 1. The van der Waals surface area contributed by atoms with Gasteiger partial charge in [-0.3, -0.25) is 9.59 Å². The van der Waals surface area contributed by atoms with Crippen LogP contribution in [0.15, 0.2) is 24.3 Å². The van der Waals surface area contributed by atoms with Crippen LogP contribution < -0.4 is 4.90 Å². The molecule has 1 aliphatic rings. The summed E-state index contributed by atoms with van der Waals surface area (Å²) in [5.41, 5.74) is 0.904. The van der Waals surface area contributed by atoms with Crippen molar-refractivity contribution in [1.82, 2.24) is 9.88 Å². The van der Waals surface area contributed by atoms with Crippen molar-refractivity contribution in [3.05, 3.63) is 52.3 Å². The minimum Gasteiger partial charge on any atom is -0.465 e. The largest absolute Gasteiger partial charge is 0.465 e. The topological polar surface area (TPSA) is 82.7 Å². The van der Waals surface area contributed by atoms with Crippen LogP contribution in [0.2, 0.25) is 0 Å². The van der Waals surface area contributed by atoms with E-state index in [1.807, 2.05) is 0 Å². The molecular formula is C22H24F3N3O4. The molecule has 10 heteroatoms. The van der Waals surface area contributed by atoms with E-state index in [4.69, 9.17) is 4.74 Å². The van der Waals surface area contributed by atoms with Crippen molar-refractivity contribution >= 4 is 23.3 Å². The second kappa shape index (κ2) is 9.05. The van der Waals surface area contributed by atoms with E-state index < -0.39 is 17.7 Å². The molecule has 0 bridgehead atoms. The van der Waals surface area contributed by atoms with Crippen molar-refractivity contribution in [2.24, 2.45) is 0 Å². The zero-order chi connectivity index (χ0) is 23.6. The first-order valence-corrected chi connectivity index (χ1v) is 10.0. The lowest BCUT2D eigenvalue weighted by Crippen LogP contribution is -2.49. The number of ether oxygens (including phenoxy) is 1. The van der Waals surface area contributed by atoms with Crippen LogP contribution in [0.1, 0.15) is 44.6 Å². The Hall–Kier alpha value is -3.30. The quantitative estimate of drug-likeness (QED) is 0.558. The number of rotatable bonds is 5. The molecule has 2 aromatic rings. The number of aromatic amines is 1. The first-order valence-electron chi connectivity index (χ1n) is 10.0. The third-order valence-electron chi connectivity index (χ3n) is 5.57. The fourth-order valence-electron chi connectivity index (χ4n) is 3.88. The molecule has 1 aliphatic heterocycles. The molecule has 0 saturated carbocycles. The number of methoxy groups -OCH3 is 1. The lowest BCUT2D eigenvalue weighted by Gasteiger charge is -2.36. The number of amides is 1. The van der Waals surface area contributed by atoms with Crippen molar-refractivity contribution in [1.29, 1.82) is 0 Å². The van der Waals surface area contributed by atoms with Gasteiger partial charge in [-0.2, -0.15) is 13.2 Å². The van der Waals surface area contributed by atoms with Gasteiger partial charge in [-0.05, 0) is 30.7 Å². The summed E-state index contributed by atoms with van der Waals surface area (Å²) in [5.74, 6) is -1.15. The highest BCUT2D eigenvalue weighted by molar-refractivity contribution is 6.01. The SMILES string of the molecule is COC(=O)c1c(CC(=O)N2CCN(c3cccc(C(F)(F)F)c3)CC2)[nH]c(C(C)=O)c1C. The van der Waals surface area contributed by atoms with Crippen LogP contribution >= 0.6 is 0 Å². The number of H-pyrrole nitrogens is 1. The van der Waals surface area contributed by atoms with Crippen LogP contribution in [0.3, 0.4) is 0 Å². The van der Waals surface area contributed by atoms with Gasteiger partial charge < -0.3 is 19.5 Å². The van der Waals surface area contributed by atoms with E-state index in [9.17, 15) is 27.6 Å². The summed E-state index contributed by atoms with van der Waals surface area (Å²) in [7, 11) is 1.22. The number of benzene rings is 1. The Kier molecular flexibility index (Phi) is 6.61. The molecule has 1 amide bonds. The number of piperazine rings is 1. The predicted octanol–water partition coefficient (Wildman–Crippen LogP) is 3.22. The van der Waals surface area contributed by atoms with E-state index >= 15 is 0 Å². The second-order valence-corrected chi connectivity index (χ2v) is 7.62. The third-order valence-corrected chi connectivity index (χ3v) is 5.57. The van der Waals surface area contributed by atoms with Crippen LogP contribution in [-0.4, -0.2) is 60.8 Å². The van der Waals surface area contributed by atoms with Gasteiger partial charge in [0, 0.05) is 44.5 Å². The van der Waals surface area contributed by atoms with E-state index in [1.54, 1.807) is 22.8 Å². The highest BCUT2D eigenvalue weighted by Gasteiger charge is 2.32. The fraction of sp³-hybridized carbons (Fsp3) is 0.409. The van der Waals surface area contributed by atoms with Crippen molar-refractivity contribution in [3.63, 3.8) is 0 Å². The molecule has 0 radical (unpaired) electrons. The van der Waals surface area contributed by atoms with Crippen molar-refractivity contribution < 1.29 is 32.3 Å². The standard InChI is InChI=1S/C22H24F3N3O4/c1-13-19(21(31)32-3)17(26-20(13)14(2)29)12-18(30)28-9-7-27(8-10-28)16-6-4-5-15(11-16)22(23,24)25/h4-6,11,26H,7-10,12H2,1-3H3. The summed E-state index contributed by atoms with van der Waals surface area (Å²) < 4.78 is 43.7. The minimum atomic E-state index is -4.42. The lowest BCUT2D eigenvalue weighted by molar-refractivity contribution is -0.137. The smallest absolute Gasteiger partial charge is 0.416 e. The summed E-state index contributed by atoms with van der Waals surface area (Å²) >= 11 is 0. The number of aromatic nitrogens is 1. The summed E-state index contributed by atoms with van der Waals surface area (Å²) in [6.07, 6.45) is -4.54. The molecule has 32 heavy (non-hydrogen) atoms. The first kappa shape index (κ1) is 23.4. The molecular weight excluding hydrogens is 427 g/mol. The zero-order valence-electron chi connectivity index (χ0n) is 18.0. The number of hydrogen-bond donors (Lipinski definition) is 1. The summed E-state index contributed by atoms with van der Waals surface area (Å²) in [6, 6.07) is 5.10. The Morgan fingerprint density at radius 3 is 2.34 bits per heavy atom. The molecule has 1 N–H and O–H groups in total. The van der Waals surface area contributed by atoms with Crippen LogP contribution in [0, 0.1) is 6.92 Å². The molecule has 1 aromatic carbocycles. The van der Waals surface area contributed by atoms with Crippen molar-refractivity contribution in [2.75, 3.05) is 38.2 Å². The number of anilines is 1. The average molecular weight is 451 g/mol. The molecule has 1 aromatic heterocycles. The molecule has 3 rings (SSSR count). The Balaban J connectivity index is 1.70. The van der Waals surface area contributed by atoms with Crippen LogP contribution in [-0.2, 0) is 22.1 Å². The molecule has 172 valence electrons. The maximum atomic E-state index is 13.0. The highest BCUT2D eigenvalue weighted by Crippen LogP contribution is 2.32. The molecule has 0 spiro atoms. The second-order valence-electron chi connectivity index (χ2n) is 7.62. The molecule has 0 unspecified atom stereocenters.